The maximum Gasteiger partial charge on any atom is 0.252 e. The van der Waals surface area contributed by atoms with Crippen LogP contribution in [-0.4, -0.2) is 20.4 Å². The second-order valence-corrected chi connectivity index (χ2v) is 30.5. The maximum atomic E-state index is 11.6. The molecule has 0 spiro atoms. The van der Waals surface area contributed by atoms with E-state index in [9.17, 15) is 24.5 Å². The summed E-state index contributed by atoms with van der Waals surface area (Å²) in [6.07, 6.45) is 0. The van der Waals surface area contributed by atoms with Gasteiger partial charge in [0.2, 0.25) is 0 Å². The zero-order valence-electron chi connectivity index (χ0n) is 74.9. The topological polar surface area (TPSA) is 45.1 Å². The highest BCUT2D eigenvalue weighted by Crippen LogP contribution is 2.54. The number of fused-ring (bicyclic) bond motifs is 13. The average Bonchev–Trinajstić information content (AvgIpc) is 1.37. The van der Waals surface area contributed by atoms with Crippen molar-refractivity contribution in [3.8, 4) is 56.5 Å². The van der Waals surface area contributed by atoms with E-state index in [0.29, 0.717) is 56.3 Å². The van der Waals surface area contributed by atoms with Crippen molar-refractivity contribution in [2.45, 2.75) is 78.6 Å². The molecule has 0 bridgehead atoms. The number of benzene rings is 14. The molecule has 14 aromatic carbocycles. The van der Waals surface area contributed by atoms with Crippen molar-refractivity contribution in [2.75, 3.05) is 9.80 Å². The quantitative estimate of drug-likeness (QED) is 0.142. The number of aromatic nitrogens is 3. The summed E-state index contributed by atoms with van der Waals surface area (Å²) in [5, 5.41) is 13.0. The fraction of sp³-hybridized carbons (Fsp3) is 0.124. The third-order valence-electron chi connectivity index (χ3n) is 21.2. The summed E-state index contributed by atoms with van der Waals surface area (Å²) in [5.41, 5.74) is 15.0. The minimum absolute atomic E-state index is 0.0979. The van der Waals surface area contributed by atoms with Crippen LogP contribution in [0.25, 0.3) is 116 Å². The first-order valence-electron chi connectivity index (χ1n) is 43.2. The summed E-state index contributed by atoms with van der Waals surface area (Å²) in [6.45, 7) is 18.8. The van der Waals surface area contributed by atoms with Crippen LogP contribution in [0.2, 0.25) is 0 Å². The highest BCUT2D eigenvalue weighted by Gasteiger charge is 2.46. The first-order chi connectivity index (χ1) is 57.1. The van der Waals surface area contributed by atoms with Crippen LogP contribution in [0.4, 0.5) is 34.1 Å². The summed E-state index contributed by atoms with van der Waals surface area (Å²) < 4.78 is 159. The summed E-state index contributed by atoms with van der Waals surface area (Å²) >= 11 is 0. The van der Waals surface area contributed by atoms with E-state index in [1.807, 2.05) is 146 Å². The first kappa shape index (κ1) is 47.7. The molecule has 0 saturated carbocycles. The Morgan fingerprint density at radius 3 is 1.23 bits per heavy atom. The van der Waals surface area contributed by atoms with E-state index in [1.165, 1.54) is 4.57 Å². The van der Waals surface area contributed by atoms with Crippen molar-refractivity contribution in [2.24, 2.45) is 0 Å². The van der Waals surface area contributed by atoms with Gasteiger partial charge in [-0.25, -0.2) is 0 Å². The predicted molar refractivity (Wildman–Crippen MR) is 441 cm³/mol. The molecule has 19 rings (SSSR count). The average molecular weight is 1350 g/mol. The number of rotatable bonds is 8. The van der Waals surface area contributed by atoms with Crippen LogP contribution in [0.3, 0.4) is 0 Å². The summed E-state index contributed by atoms with van der Waals surface area (Å²) in [6, 6.07) is 62.8. The van der Waals surface area contributed by atoms with Crippen molar-refractivity contribution in [1.82, 2.24) is 13.7 Å². The lowest BCUT2D eigenvalue weighted by Crippen LogP contribution is -2.61. The van der Waals surface area contributed by atoms with Crippen molar-refractivity contribution in [1.29, 1.82) is 5.26 Å². The number of nitrogens with zero attached hydrogens (tertiary/aromatic N) is 6. The molecule has 2 aliphatic heterocycles. The molecule has 0 amide bonds. The van der Waals surface area contributed by atoms with E-state index >= 15 is 0 Å². The second-order valence-electron chi connectivity index (χ2n) is 30.5. The Labute approximate surface area is 630 Å². The monoisotopic (exact) mass is 1350 g/mol. The normalized spacial score (nSPS) is 15.1. The Morgan fingerprint density at radius 1 is 0.317 bits per heavy atom. The lowest BCUT2D eigenvalue weighted by molar-refractivity contribution is 0.569. The van der Waals surface area contributed by atoms with Gasteiger partial charge in [-0.15, -0.1) is 0 Å². The molecular formula is C97H77BN6. The molecule has 0 unspecified atom stereocenters. The van der Waals surface area contributed by atoms with Crippen molar-refractivity contribution in [3.63, 3.8) is 0 Å². The molecule has 7 heteroatoms. The zero-order valence-corrected chi connectivity index (χ0v) is 58.9. The Kier molecular flexibility index (Phi) is 10.7. The number of anilines is 6. The molecule has 104 heavy (non-hydrogen) atoms. The molecule has 17 aromatic rings. The molecule has 0 N–H and O–H groups in total. The Balaban J connectivity index is 1.06. The van der Waals surface area contributed by atoms with E-state index in [4.69, 9.17) is 2.74 Å². The third-order valence-corrected chi connectivity index (χ3v) is 21.2. The molecule has 0 fully saturated rings. The van der Waals surface area contributed by atoms with Gasteiger partial charge in [-0.1, -0.05) is 268 Å². The molecule has 0 aliphatic carbocycles. The Hall–Kier alpha value is -12.4. The van der Waals surface area contributed by atoms with Crippen LogP contribution >= 0.6 is 0 Å². The van der Waals surface area contributed by atoms with Gasteiger partial charge >= 0.3 is 0 Å². The van der Waals surface area contributed by atoms with Crippen molar-refractivity contribution in [3.05, 3.63) is 325 Å². The molecule has 6 nitrogen and oxygen atoms in total. The van der Waals surface area contributed by atoms with E-state index in [2.05, 4.69) is 143 Å². The molecule has 5 heterocycles. The highest BCUT2D eigenvalue weighted by molar-refractivity contribution is 7.00. The molecule has 0 atom stereocenters. The lowest BCUT2D eigenvalue weighted by atomic mass is 9.33. The van der Waals surface area contributed by atoms with E-state index in [-0.39, 0.29) is 65.8 Å². The molecule has 3 aromatic heterocycles. The fourth-order valence-electron chi connectivity index (χ4n) is 16.1. The molecule has 0 radical (unpaired) electrons. The van der Waals surface area contributed by atoms with Crippen LogP contribution in [0, 0.1) is 11.3 Å². The van der Waals surface area contributed by atoms with Crippen LogP contribution in [-0.2, 0) is 16.2 Å². The number of nitriles is 1. The van der Waals surface area contributed by atoms with Gasteiger partial charge in [0.25, 0.3) is 6.71 Å². The smallest absolute Gasteiger partial charge is 0.252 e. The first-order valence-corrected chi connectivity index (χ1v) is 35.2. The molecular weight excluding hydrogens is 1260 g/mol. The second kappa shape index (κ2) is 23.3. The van der Waals surface area contributed by atoms with Crippen LogP contribution in [0.5, 0.6) is 0 Å². The number of para-hydroxylation sites is 6. The minimum Gasteiger partial charge on any atom is -0.311 e. The van der Waals surface area contributed by atoms with Gasteiger partial charge in [0, 0.05) is 77.6 Å². The Morgan fingerprint density at radius 2 is 0.731 bits per heavy atom. The lowest BCUT2D eigenvalue weighted by Gasteiger charge is -2.45. The van der Waals surface area contributed by atoms with E-state index in [1.54, 1.807) is 4.57 Å². The van der Waals surface area contributed by atoms with Crippen molar-refractivity contribution < 1.29 is 21.9 Å². The van der Waals surface area contributed by atoms with Crippen LogP contribution < -0.4 is 26.2 Å². The van der Waals surface area contributed by atoms with Gasteiger partial charge in [0.1, 0.15) is 6.07 Å². The minimum atomic E-state index is -0.819. The van der Waals surface area contributed by atoms with Gasteiger partial charge in [0.15, 0.2) is 0 Å². The SMILES string of the molecule is [2H]c1c([2H])c([2H])c2c(c1[2H])c1c([2H])c([2H])c([2H])c([2H])c1n2-c1ccc2c(c1)N(c1c(-c3ccccc3)cc(C(C)(C)C)cc1-c1ccccc1)c1cc(-n3c4c([2H])c([2H])c([2H])c([2H])c4c4c([2H])c([2H])c([2H])c([2H])c43)cc3c1B2c1ccc(-c2cc(C(C)(C)C)cc(C(C)(C)C)c2)cc1N3c1ccc(C#N)c(-n2c3ccccc3c3ccccc32)c1. The summed E-state index contributed by atoms with van der Waals surface area (Å²) in [5.74, 6) is 0. The van der Waals surface area contributed by atoms with Crippen LogP contribution in [0.1, 0.15) is 106 Å². The van der Waals surface area contributed by atoms with E-state index in [0.717, 1.165) is 77.3 Å². The standard InChI is InChI=1S/C97H77BN6/c1-95(2,3)66-50-65(51-67(53-66)96(4,5)6)63-45-48-80-89(52-63)101(69-46-44-64(60-99)88(56-69)103-86-42-26-20-36-76(86)77-37-21-27-43-87(77)103)91-58-71(102-84-40-24-18-34-74(84)75-35-19-25-41-85(75)102)59-92-93(91)98(80)81-49-47-70(100-82-38-22-16-32-72(82)73-33-17-23-39-83(73)100)57-90(81)104(92)94-78(61-28-12-10-13-29-61)54-68(97(7,8)9)55-79(94)62-30-14-11-15-31-62/h10-59H,1-9H3/i16D,17D,18D,19D,22D,23D,24D,25D,32D,33D,34D,35D,38D,39D,40D,41D. The third kappa shape index (κ3) is 9.76. The van der Waals surface area contributed by atoms with E-state index < -0.39 is 109 Å². The molecule has 498 valence electrons. The largest absolute Gasteiger partial charge is 0.311 e. The number of hydrogen-bond donors (Lipinski definition) is 0. The zero-order chi connectivity index (χ0) is 84.6. The van der Waals surface area contributed by atoms with Gasteiger partial charge in [-0.3, -0.25) is 0 Å². The van der Waals surface area contributed by atoms with Crippen molar-refractivity contribution >= 4 is 123 Å². The fourth-order valence-corrected chi connectivity index (χ4v) is 16.1. The maximum absolute atomic E-state index is 11.6. The summed E-state index contributed by atoms with van der Waals surface area (Å²) in [4.78, 5) is 4.35. The van der Waals surface area contributed by atoms with Gasteiger partial charge < -0.3 is 23.5 Å². The molecule has 2 aliphatic rings. The number of hydrogen-bond acceptors (Lipinski definition) is 3. The molecule has 0 saturated heterocycles. The summed E-state index contributed by atoms with van der Waals surface area (Å²) in [7, 11) is 0. The van der Waals surface area contributed by atoms with Crippen LogP contribution in [0.15, 0.2) is 303 Å². The highest BCUT2D eigenvalue weighted by atomic mass is 15.2. The predicted octanol–water partition coefficient (Wildman–Crippen LogP) is 23.8. The van der Waals surface area contributed by atoms with Gasteiger partial charge in [0.05, 0.1) is 77.7 Å². The van der Waals surface area contributed by atoms with Gasteiger partial charge in [-0.2, -0.15) is 5.26 Å². The van der Waals surface area contributed by atoms with Gasteiger partial charge in [-0.05, 0) is 169 Å². The Bertz CT molecular complexity index is 7170.